The number of aliphatic hydroxyl groups excluding tert-OH is 1. The van der Waals surface area contributed by atoms with E-state index in [0.717, 1.165) is 16.3 Å². The lowest BCUT2D eigenvalue weighted by Crippen LogP contribution is -2.48. The maximum atomic E-state index is 9.66. The number of aliphatic hydroxyl groups is 1. The molecule has 1 aromatic rings. The van der Waals surface area contributed by atoms with Crippen molar-refractivity contribution < 1.29 is 5.11 Å². The third-order valence-corrected chi connectivity index (χ3v) is 5.28. The molecule has 112 valence electrons. The van der Waals surface area contributed by atoms with Crippen LogP contribution in [0.25, 0.3) is 0 Å². The van der Waals surface area contributed by atoms with Gasteiger partial charge in [-0.1, -0.05) is 30.1 Å². The molecule has 1 fully saturated rings. The van der Waals surface area contributed by atoms with Crippen molar-refractivity contribution in [2.24, 2.45) is 0 Å². The smallest absolute Gasteiger partial charge is 0.0611 e. The van der Waals surface area contributed by atoms with Crippen molar-refractivity contribution in [1.82, 2.24) is 5.32 Å². The predicted octanol–water partition coefficient (Wildman–Crippen LogP) is 4.37. The highest BCUT2D eigenvalue weighted by Gasteiger charge is 2.33. The van der Waals surface area contributed by atoms with Crippen LogP contribution in [0.1, 0.15) is 33.1 Å². The topological polar surface area (TPSA) is 32.3 Å². The highest BCUT2D eigenvalue weighted by atomic mass is 35.5. The van der Waals surface area contributed by atoms with Gasteiger partial charge in [-0.3, -0.25) is 0 Å². The van der Waals surface area contributed by atoms with Gasteiger partial charge in [0.05, 0.1) is 11.6 Å². The molecule has 0 spiro atoms. The van der Waals surface area contributed by atoms with Crippen LogP contribution in [0.3, 0.4) is 0 Å². The average Bonchev–Trinajstić information content (AvgIpc) is 3.17. The van der Waals surface area contributed by atoms with Crippen LogP contribution in [-0.4, -0.2) is 28.5 Å². The van der Waals surface area contributed by atoms with Crippen LogP contribution >= 0.6 is 35.0 Å². The van der Waals surface area contributed by atoms with Gasteiger partial charge in [0.25, 0.3) is 0 Å². The molecule has 0 bridgehead atoms. The van der Waals surface area contributed by atoms with Gasteiger partial charge in [-0.15, -0.1) is 11.8 Å². The quantitative estimate of drug-likeness (QED) is 0.727. The lowest BCUT2D eigenvalue weighted by Gasteiger charge is -2.31. The summed E-state index contributed by atoms with van der Waals surface area (Å²) < 4.78 is 0. The fourth-order valence-corrected chi connectivity index (χ4v) is 4.10. The minimum absolute atomic E-state index is 0.150. The van der Waals surface area contributed by atoms with E-state index in [1.165, 1.54) is 12.8 Å². The van der Waals surface area contributed by atoms with Crippen LogP contribution < -0.4 is 5.32 Å². The Labute approximate surface area is 135 Å². The van der Waals surface area contributed by atoms with E-state index in [9.17, 15) is 5.11 Å². The Balaban J connectivity index is 1.96. The van der Waals surface area contributed by atoms with Crippen LogP contribution in [0.5, 0.6) is 0 Å². The summed E-state index contributed by atoms with van der Waals surface area (Å²) in [5, 5.41) is 15.0. The van der Waals surface area contributed by atoms with Gasteiger partial charge in [-0.05, 0) is 44.4 Å². The van der Waals surface area contributed by atoms with Crippen molar-refractivity contribution in [1.29, 1.82) is 0 Å². The zero-order valence-corrected chi connectivity index (χ0v) is 14.2. The van der Waals surface area contributed by atoms with Gasteiger partial charge in [0.1, 0.15) is 0 Å². The molecule has 0 amide bonds. The molecule has 1 aliphatic carbocycles. The Morgan fingerprint density at radius 2 is 2.15 bits per heavy atom. The minimum atomic E-state index is -0.224. The Morgan fingerprint density at radius 3 is 2.75 bits per heavy atom. The first kappa shape index (κ1) is 16.4. The van der Waals surface area contributed by atoms with E-state index in [4.69, 9.17) is 23.2 Å². The molecule has 0 aliphatic heterocycles. The van der Waals surface area contributed by atoms with Crippen molar-refractivity contribution in [3.05, 3.63) is 28.2 Å². The zero-order chi connectivity index (χ0) is 14.8. The van der Waals surface area contributed by atoms with Crippen LogP contribution in [0.15, 0.2) is 23.1 Å². The lowest BCUT2D eigenvalue weighted by atomic mass is 9.97. The molecule has 0 radical (unpaired) electrons. The Morgan fingerprint density at radius 1 is 1.45 bits per heavy atom. The molecule has 2 N–H and O–H groups in total. The fraction of sp³-hybridized carbons (Fsp3) is 0.600. The lowest BCUT2D eigenvalue weighted by molar-refractivity contribution is 0.164. The molecular formula is C15H21Cl2NOS. The SMILES string of the molecule is CC(CC(C)(CO)NC1CC1)Sc1cc(Cl)ccc1Cl. The van der Waals surface area contributed by atoms with Crippen molar-refractivity contribution in [3.63, 3.8) is 0 Å². The van der Waals surface area contributed by atoms with E-state index in [1.54, 1.807) is 17.8 Å². The monoisotopic (exact) mass is 333 g/mol. The van der Waals surface area contributed by atoms with Crippen LogP contribution in [0.4, 0.5) is 0 Å². The molecule has 0 aromatic heterocycles. The van der Waals surface area contributed by atoms with E-state index in [1.807, 2.05) is 12.1 Å². The highest BCUT2D eigenvalue weighted by molar-refractivity contribution is 8.00. The summed E-state index contributed by atoms with van der Waals surface area (Å²) in [4.78, 5) is 0.998. The summed E-state index contributed by atoms with van der Waals surface area (Å²) in [6.45, 7) is 4.39. The first-order valence-electron chi connectivity index (χ1n) is 6.92. The fourth-order valence-electron chi connectivity index (χ4n) is 2.35. The van der Waals surface area contributed by atoms with Crippen LogP contribution in [-0.2, 0) is 0 Å². The molecule has 0 heterocycles. The number of nitrogens with one attached hydrogen (secondary N) is 1. The largest absolute Gasteiger partial charge is 0.394 e. The van der Waals surface area contributed by atoms with E-state index >= 15 is 0 Å². The number of thioether (sulfide) groups is 1. The van der Waals surface area contributed by atoms with Gasteiger partial charge in [-0.2, -0.15) is 0 Å². The first-order chi connectivity index (χ1) is 9.42. The Hall–Kier alpha value is 0.0700. The molecule has 0 saturated heterocycles. The maximum absolute atomic E-state index is 9.66. The van der Waals surface area contributed by atoms with Gasteiger partial charge in [0.15, 0.2) is 0 Å². The minimum Gasteiger partial charge on any atom is -0.394 e. The molecule has 5 heteroatoms. The van der Waals surface area contributed by atoms with Crippen molar-refractivity contribution in [3.8, 4) is 0 Å². The number of benzene rings is 1. The van der Waals surface area contributed by atoms with Gasteiger partial charge in [0, 0.05) is 26.7 Å². The van der Waals surface area contributed by atoms with Gasteiger partial charge >= 0.3 is 0 Å². The molecule has 1 aliphatic rings. The van der Waals surface area contributed by atoms with Crippen molar-refractivity contribution in [2.75, 3.05) is 6.61 Å². The van der Waals surface area contributed by atoms with Gasteiger partial charge in [-0.25, -0.2) is 0 Å². The zero-order valence-electron chi connectivity index (χ0n) is 11.8. The van der Waals surface area contributed by atoms with E-state index in [2.05, 4.69) is 19.2 Å². The average molecular weight is 334 g/mol. The standard InChI is InChI=1S/C15H21Cl2NOS/c1-10(8-15(2,9-19)18-12-4-5-12)20-14-7-11(16)3-6-13(14)17/h3,6-7,10,12,18-19H,4-5,8-9H2,1-2H3. The normalized spacial score (nSPS) is 19.6. The maximum Gasteiger partial charge on any atom is 0.0611 e. The van der Waals surface area contributed by atoms with Crippen LogP contribution in [0.2, 0.25) is 10.0 Å². The number of hydrogen-bond donors (Lipinski definition) is 2. The molecule has 2 rings (SSSR count). The van der Waals surface area contributed by atoms with Gasteiger partial charge in [0.2, 0.25) is 0 Å². The van der Waals surface area contributed by atoms with E-state index in [-0.39, 0.29) is 12.1 Å². The summed E-state index contributed by atoms with van der Waals surface area (Å²) in [7, 11) is 0. The summed E-state index contributed by atoms with van der Waals surface area (Å²) in [6, 6.07) is 6.10. The predicted molar refractivity (Wildman–Crippen MR) is 88.0 cm³/mol. The highest BCUT2D eigenvalue weighted by Crippen LogP contribution is 2.36. The summed E-state index contributed by atoms with van der Waals surface area (Å²) in [5.41, 5.74) is -0.224. The van der Waals surface area contributed by atoms with E-state index in [0.29, 0.717) is 16.3 Å². The molecule has 2 atom stereocenters. The molecule has 2 nitrogen and oxygen atoms in total. The number of halogens is 2. The molecule has 1 aromatic carbocycles. The first-order valence-corrected chi connectivity index (χ1v) is 8.56. The van der Waals surface area contributed by atoms with Gasteiger partial charge < -0.3 is 10.4 Å². The Kier molecular flexibility index (Phi) is 5.66. The van der Waals surface area contributed by atoms with Crippen LogP contribution in [0, 0.1) is 0 Å². The van der Waals surface area contributed by atoms with E-state index < -0.39 is 0 Å². The van der Waals surface area contributed by atoms with Crippen molar-refractivity contribution >= 4 is 35.0 Å². The third-order valence-electron chi connectivity index (χ3n) is 3.44. The number of rotatable bonds is 7. The Bertz CT molecular complexity index is 467. The number of hydrogen-bond acceptors (Lipinski definition) is 3. The second-order valence-electron chi connectivity index (χ2n) is 5.84. The molecule has 1 saturated carbocycles. The third kappa shape index (κ3) is 4.81. The molecule has 2 unspecified atom stereocenters. The summed E-state index contributed by atoms with van der Waals surface area (Å²) >= 11 is 13.9. The molecular weight excluding hydrogens is 313 g/mol. The summed E-state index contributed by atoms with van der Waals surface area (Å²) in [6.07, 6.45) is 3.32. The summed E-state index contributed by atoms with van der Waals surface area (Å²) in [5.74, 6) is 0. The second kappa shape index (κ2) is 6.89. The van der Waals surface area contributed by atoms with Crippen molar-refractivity contribution in [2.45, 2.75) is 54.8 Å². The second-order valence-corrected chi connectivity index (χ2v) is 8.17. The molecule has 20 heavy (non-hydrogen) atoms.